The van der Waals surface area contributed by atoms with Gasteiger partial charge in [0, 0.05) is 16.7 Å². The first kappa shape index (κ1) is 12.7. The Bertz CT molecular complexity index is 513. The quantitative estimate of drug-likeness (QED) is 0.469. The topological polar surface area (TPSA) is 86.5 Å². The third-order valence-corrected chi connectivity index (χ3v) is 2.74. The fraction of sp³-hybridized carbons (Fsp3) is 0.250. The Kier molecular flexibility index (Phi) is 3.71. The molecule has 88 valence electrons. The molecule has 0 spiro atoms. The smallest absolute Gasteiger partial charge is 0.273 e. The number of rotatable bonds is 4. The van der Waals surface area contributed by atoms with E-state index in [0.717, 1.165) is 6.07 Å². The zero-order valence-corrected chi connectivity index (χ0v) is 9.79. The summed E-state index contributed by atoms with van der Waals surface area (Å²) in [5.74, 6) is -0.267. The van der Waals surface area contributed by atoms with Crippen molar-refractivity contribution in [3.63, 3.8) is 0 Å². The number of nitro benzene ring substituents is 1. The molecular formula is C8H8ClNO5S. The van der Waals surface area contributed by atoms with E-state index >= 15 is 0 Å². The van der Waals surface area contributed by atoms with E-state index in [1.807, 2.05) is 0 Å². The molecule has 16 heavy (non-hydrogen) atoms. The van der Waals surface area contributed by atoms with Crippen LogP contribution in [0.15, 0.2) is 18.2 Å². The highest BCUT2D eigenvalue weighted by atomic mass is 35.7. The molecule has 0 aromatic heterocycles. The lowest BCUT2D eigenvalue weighted by Crippen LogP contribution is -1.98. The van der Waals surface area contributed by atoms with Crippen LogP contribution in [0.2, 0.25) is 0 Å². The maximum Gasteiger partial charge on any atom is 0.273 e. The van der Waals surface area contributed by atoms with Crippen LogP contribution in [0.4, 0.5) is 5.69 Å². The molecule has 0 aliphatic heterocycles. The Balaban J connectivity index is 3.19. The van der Waals surface area contributed by atoms with E-state index in [2.05, 4.69) is 0 Å². The molecule has 1 aromatic carbocycles. The molecule has 8 heteroatoms. The van der Waals surface area contributed by atoms with Gasteiger partial charge in [0.15, 0.2) is 0 Å². The average Bonchev–Trinajstić information content (AvgIpc) is 2.14. The van der Waals surface area contributed by atoms with Gasteiger partial charge in [-0.15, -0.1) is 0 Å². The van der Waals surface area contributed by atoms with Gasteiger partial charge in [0.05, 0.1) is 23.9 Å². The number of nitrogens with zero attached hydrogens (tertiary/aromatic N) is 1. The molecule has 0 fully saturated rings. The van der Waals surface area contributed by atoms with Gasteiger partial charge in [-0.2, -0.15) is 0 Å². The van der Waals surface area contributed by atoms with Crippen molar-refractivity contribution >= 4 is 25.4 Å². The van der Waals surface area contributed by atoms with Crippen molar-refractivity contribution < 1.29 is 18.1 Å². The highest BCUT2D eigenvalue weighted by Crippen LogP contribution is 2.24. The van der Waals surface area contributed by atoms with E-state index in [1.54, 1.807) is 0 Å². The second-order valence-corrected chi connectivity index (χ2v) is 5.76. The van der Waals surface area contributed by atoms with Crippen molar-refractivity contribution in [2.75, 3.05) is 7.11 Å². The molecule has 0 atom stereocenters. The Morgan fingerprint density at radius 3 is 2.50 bits per heavy atom. The molecule has 0 saturated heterocycles. The van der Waals surface area contributed by atoms with Crippen molar-refractivity contribution in [2.45, 2.75) is 5.75 Å². The third-order valence-electron chi connectivity index (χ3n) is 1.74. The average molecular weight is 266 g/mol. The Morgan fingerprint density at radius 2 is 2.06 bits per heavy atom. The van der Waals surface area contributed by atoms with Gasteiger partial charge in [-0.25, -0.2) is 8.42 Å². The van der Waals surface area contributed by atoms with Crippen molar-refractivity contribution in [3.8, 4) is 5.75 Å². The van der Waals surface area contributed by atoms with Crippen molar-refractivity contribution in [1.29, 1.82) is 0 Å². The predicted octanol–water partition coefficient (Wildman–Crippen LogP) is 1.67. The minimum atomic E-state index is -3.75. The van der Waals surface area contributed by atoms with E-state index in [4.69, 9.17) is 15.4 Å². The van der Waals surface area contributed by atoms with Gasteiger partial charge >= 0.3 is 0 Å². The van der Waals surface area contributed by atoms with E-state index in [9.17, 15) is 18.5 Å². The standard InChI is InChI=1S/C8H8ClNO5S/c1-15-8-3-6(5-16(9,13)14)2-7(4-8)10(11)12/h2-4H,5H2,1H3. The zero-order valence-electron chi connectivity index (χ0n) is 8.21. The molecular weight excluding hydrogens is 258 g/mol. The fourth-order valence-electron chi connectivity index (χ4n) is 1.15. The van der Waals surface area contributed by atoms with E-state index in [1.165, 1.54) is 19.2 Å². The van der Waals surface area contributed by atoms with Crippen molar-refractivity contribution in [1.82, 2.24) is 0 Å². The first-order valence-electron chi connectivity index (χ1n) is 4.06. The van der Waals surface area contributed by atoms with Crippen LogP contribution in [0.1, 0.15) is 5.56 Å². The largest absolute Gasteiger partial charge is 0.496 e. The van der Waals surface area contributed by atoms with Gasteiger partial charge in [0.2, 0.25) is 9.05 Å². The fourth-order valence-corrected chi connectivity index (χ4v) is 2.09. The minimum Gasteiger partial charge on any atom is -0.496 e. The molecule has 6 nitrogen and oxygen atoms in total. The molecule has 0 saturated carbocycles. The molecule has 0 bridgehead atoms. The second kappa shape index (κ2) is 4.67. The van der Waals surface area contributed by atoms with Crippen molar-refractivity contribution in [3.05, 3.63) is 33.9 Å². The maximum absolute atomic E-state index is 10.8. The van der Waals surface area contributed by atoms with E-state index < -0.39 is 19.7 Å². The van der Waals surface area contributed by atoms with Gasteiger partial charge in [-0.1, -0.05) is 0 Å². The second-order valence-electron chi connectivity index (χ2n) is 2.98. The summed E-state index contributed by atoms with van der Waals surface area (Å²) in [6.45, 7) is 0. The van der Waals surface area contributed by atoms with E-state index in [-0.39, 0.29) is 17.0 Å². The van der Waals surface area contributed by atoms with Gasteiger partial charge in [-0.05, 0) is 11.6 Å². The van der Waals surface area contributed by atoms with Gasteiger partial charge in [-0.3, -0.25) is 10.1 Å². The lowest BCUT2D eigenvalue weighted by Gasteiger charge is -2.03. The third kappa shape index (κ3) is 3.67. The SMILES string of the molecule is COc1cc(CS(=O)(=O)Cl)cc([N+](=O)[O-])c1. The van der Waals surface area contributed by atoms with Crippen LogP contribution < -0.4 is 4.74 Å². The molecule has 0 radical (unpaired) electrons. The Hall–Kier alpha value is -1.34. The molecule has 1 aromatic rings. The number of hydrogen-bond donors (Lipinski definition) is 0. The summed E-state index contributed by atoms with van der Waals surface area (Å²) in [7, 11) is 2.64. The number of non-ortho nitro benzene ring substituents is 1. The summed E-state index contributed by atoms with van der Waals surface area (Å²) in [4.78, 5) is 9.92. The van der Waals surface area contributed by atoms with Crippen LogP contribution in [-0.2, 0) is 14.8 Å². The van der Waals surface area contributed by atoms with Gasteiger partial charge in [0.1, 0.15) is 5.75 Å². The van der Waals surface area contributed by atoms with Crippen molar-refractivity contribution in [2.24, 2.45) is 0 Å². The first-order chi connectivity index (χ1) is 7.31. The lowest BCUT2D eigenvalue weighted by atomic mass is 10.2. The van der Waals surface area contributed by atoms with Gasteiger partial charge < -0.3 is 4.74 Å². The molecule has 0 aliphatic carbocycles. The highest BCUT2D eigenvalue weighted by Gasteiger charge is 2.14. The number of nitro groups is 1. The minimum absolute atomic E-state index is 0.209. The number of hydrogen-bond acceptors (Lipinski definition) is 5. The molecule has 0 N–H and O–H groups in total. The van der Waals surface area contributed by atoms with E-state index in [0.29, 0.717) is 0 Å². The van der Waals surface area contributed by atoms with Crippen LogP contribution in [0.3, 0.4) is 0 Å². The molecule has 0 amide bonds. The summed E-state index contributed by atoms with van der Waals surface area (Å²) in [6.07, 6.45) is 0. The first-order valence-corrected chi connectivity index (χ1v) is 6.54. The zero-order chi connectivity index (χ0) is 12.3. The Morgan fingerprint density at radius 1 is 1.44 bits per heavy atom. The number of methoxy groups -OCH3 is 1. The maximum atomic E-state index is 10.8. The van der Waals surface area contributed by atoms with Crippen LogP contribution >= 0.6 is 10.7 Å². The summed E-state index contributed by atoms with van der Waals surface area (Å²) < 4.78 is 26.5. The normalized spacial score (nSPS) is 11.1. The summed E-state index contributed by atoms with van der Waals surface area (Å²) >= 11 is 0. The van der Waals surface area contributed by atoms with Crippen LogP contribution in [0, 0.1) is 10.1 Å². The lowest BCUT2D eigenvalue weighted by molar-refractivity contribution is -0.385. The molecule has 0 unspecified atom stereocenters. The van der Waals surface area contributed by atoms with Crippen LogP contribution in [-0.4, -0.2) is 20.5 Å². The summed E-state index contributed by atoms with van der Waals surface area (Å²) in [5, 5.41) is 10.6. The highest BCUT2D eigenvalue weighted by molar-refractivity contribution is 8.13. The van der Waals surface area contributed by atoms with Crippen LogP contribution in [0.25, 0.3) is 0 Å². The summed E-state index contributed by atoms with van der Waals surface area (Å²) in [6, 6.07) is 3.72. The number of halogens is 1. The predicted molar refractivity (Wildman–Crippen MR) is 58.1 cm³/mol. The van der Waals surface area contributed by atoms with Crippen LogP contribution in [0.5, 0.6) is 5.75 Å². The monoisotopic (exact) mass is 265 g/mol. The molecule has 0 aliphatic rings. The number of ether oxygens (including phenoxy) is 1. The molecule has 0 heterocycles. The Labute approximate surface area is 96.4 Å². The number of benzene rings is 1. The molecule has 1 rings (SSSR count). The summed E-state index contributed by atoms with van der Waals surface area (Å²) in [5.41, 5.74) is -0.0317. The van der Waals surface area contributed by atoms with Gasteiger partial charge in [0.25, 0.3) is 5.69 Å².